The number of benzene rings is 1. The lowest BCUT2D eigenvalue weighted by atomic mass is 10.1. The Morgan fingerprint density at radius 1 is 1.10 bits per heavy atom. The van der Waals surface area contributed by atoms with E-state index in [4.69, 9.17) is 5.73 Å². The molecule has 0 aliphatic rings. The molecule has 20 heavy (non-hydrogen) atoms. The van der Waals surface area contributed by atoms with Crippen LogP contribution in [0.4, 0.5) is 11.6 Å². The third-order valence-corrected chi connectivity index (χ3v) is 2.89. The van der Waals surface area contributed by atoms with Gasteiger partial charge >= 0.3 is 0 Å². The summed E-state index contributed by atoms with van der Waals surface area (Å²) < 4.78 is 0. The lowest BCUT2D eigenvalue weighted by Gasteiger charge is -2.06. The second kappa shape index (κ2) is 5.40. The van der Waals surface area contributed by atoms with Crippen LogP contribution in [0, 0.1) is 0 Å². The molecule has 0 radical (unpaired) electrons. The number of nitrogens with two attached hydrogens (primary N) is 1. The molecule has 4 N–H and O–H groups in total. The van der Waals surface area contributed by atoms with Crippen LogP contribution >= 0.6 is 0 Å². The van der Waals surface area contributed by atoms with Crippen molar-refractivity contribution in [3.05, 3.63) is 54.5 Å². The van der Waals surface area contributed by atoms with E-state index in [2.05, 4.69) is 49.7 Å². The van der Waals surface area contributed by atoms with Crippen molar-refractivity contribution in [1.82, 2.24) is 20.2 Å². The van der Waals surface area contributed by atoms with Gasteiger partial charge in [0.2, 0.25) is 0 Å². The van der Waals surface area contributed by atoms with Crippen molar-refractivity contribution >= 4 is 11.6 Å². The zero-order chi connectivity index (χ0) is 13.8. The van der Waals surface area contributed by atoms with Gasteiger partial charge in [-0.05, 0) is 17.2 Å². The molecule has 0 aliphatic heterocycles. The third-order valence-electron chi connectivity index (χ3n) is 2.89. The van der Waals surface area contributed by atoms with Crippen LogP contribution in [0.25, 0.3) is 11.3 Å². The van der Waals surface area contributed by atoms with Crippen molar-refractivity contribution in [3.63, 3.8) is 0 Å². The highest BCUT2D eigenvalue weighted by Gasteiger charge is 2.00. The van der Waals surface area contributed by atoms with Crippen LogP contribution in [-0.2, 0) is 6.54 Å². The Hall–Kier alpha value is -2.89. The summed E-state index contributed by atoms with van der Waals surface area (Å²) in [4.78, 5) is 8.12. The number of hydrogen-bond donors (Lipinski definition) is 3. The summed E-state index contributed by atoms with van der Waals surface area (Å²) in [5.74, 6) is 1.08. The minimum Gasteiger partial charge on any atom is -0.382 e. The molecule has 0 amide bonds. The van der Waals surface area contributed by atoms with Gasteiger partial charge in [-0.25, -0.2) is 4.98 Å². The maximum Gasteiger partial charge on any atom is 0.147 e. The van der Waals surface area contributed by atoms with E-state index in [1.165, 1.54) is 6.20 Å². The number of H-pyrrole nitrogens is 1. The Balaban J connectivity index is 1.67. The van der Waals surface area contributed by atoms with E-state index in [0.29, 0.717) is 18.2 Å². The van der Waals surface area contributed by atoms with E-state index in [1.54, 1.807) is 12.4 Å². The fourth-order valence-corrected chi connectivity index (χ4v) is 1.88. The molecule has 6 heteroatoms. The number of nitrogen functional groups attached to an aromatic ring is 1. The van der Waals surface area contributed by atoms with E-state index in [-0.39, 0.29) is 0 Å². The quantitative estimate of drug-likeness (QED) is 0.672. The van der Waals surface area contributed by atoms with Crippen molar-refractivity contribution in [2.75, 3.05) is 11.1 Å². The molecule has 100 valence electrons. The van der Waals surface area contributed by atoms with Gasteiger partial charge in [0.15, 0.2) is 0 Å². The predicted molar refractivity (Wildman–Crippen MR) is 77.8 cm³/mol. The topological polar surface area (TPSA) is 92.5 Å². The minimum absolute atomic E-state index is 0.407. The average molecular weight is 266 g/mol. The molecule has 2 aromatic heterocycles. The van der Waals surface area contributed by atoms with Gasteiger partial charge in [-0.1, -0.05) is 24.3 Å². The Labute approximate surface area is 116 Å². The SMILES string of the molecule is Nc1cncc(NCc2ccc(-c3ccn[nH]3)cc2)n1. The maximum atomic E-state index is 5.58. The average Bonchev–Trinajstić information content (AvgIpc) is 3.00. The summed E-state index contributed by atoms with van der Waals surface area (Å²) >= 11 is 0. The Bertz CT molecular complexity index is 675. The van der Waals surface area contributed by atoms with Crippen LogP contribution in [0.5, 0.6) is 0 Å². The maximum absolute atomic E-state index is 5.58. The van der Waals surface area contributed by atoms with Crippen LogP contribution in [0.2, 0.25) is 0 Å². The highest BCUT2D eigenvalue weighted by Crippen LogP contribution is 2.17. The van der Waals surface area contributed by atoms with E-state index < -0.39 is 0 Å². The van der Waals surface area contributed by atoms with Crippen LogP contribution in [0.3, 0.4) is 0 Å². The molecule has 0 atom stereocenters. The second-order valence-electron chi connectivity index (χ2n) is 4.35. The normalized spacial score (nSPS) is 10.4. The molecular formula is C14H14N6. The van der Waals surface area contributed by atoms with Gasteiger partial charge in [-0.3, -0.25) is 10.1 Å². The zero-order valence-corrected chi connectivity index (χ0v) is 10.7. The molecule has 0 saturated heterocycles. The third kappa shape index (κ3) is 2.74. The second-order valence-corrected chi connectivity index (χ2v) is 4.35. The summed E-state index contributed by atoms with van der Waals surface area (Å²) in [5.41, 5.74) is 8.84. The lowest BCUT2D eigenvalue weighted by molar-refractivity contribution is 1.08. The number of rotatable bonds is 4. The first-order valence-corrected chi connectivity index (χ1v) is 6.21. The van der Waals surface area contributed by atoms with Gasteiger partial charge in [0, 0.05) is 12.7 Å². The fraction of sp³-hybridized carbons (Fsp3) is 0.0714. The largest absolute Gasteiger partial charge is 0.382 e. The molecule has 3 rings (SSSR count). The highest BCUT2D eigenvalue weighted by molar-refractivity contribution is 5.58. The zero-order valence-electron chi connectivity index (χ0n) is 10.7. The summed E-state index contributed by atoms with van der Waals surface area (Å²) in [6.07, 6.45) is 4.91. The van der Waals surface area contributed by atoms with Crippen molar-refractivity contribution < 1.29 is 0 Å². The summed E-state index contributed by atoms with van der Waals surface area (Å²) in [6, 6.07) is 10.2. The van der Waals surface area contributed by atoms with Crippen LogP contribution in [0.15, 0.2) is 48.9 Å². The number of aromatic amines is 1. The van der Waals surface area contributed by atoms with Crippen LogP contribution in [0.1, 0.15) is 5.56 Å². The van der Waals surface area contributed by atoms with Gasteiger partial charge in [0.1, 0.15) is 11.6 Å². The Kier molecular flexibility index (Phi) is 3.28. The molecule has 6 nitrogen and oxygen atoms in total. The van der Waals surface area contributed by atoms with Crippen molar-refractivity contribution in [1.29, 1.82) is 0 Å². The summed E-state index contributed by atoms with van der Waals surface area (Å²) in [5, 5.41) is 10.1. The minimum atomic E-state index is 0.407. The molecule has 0 aliphatic carbocycles. The van der Waals surface area contributed by atoms with E-state index in [0.717, 1.165) is 16.8 Å². The molecule has 3 aromatic rings. The van der Waals surface area contributed by atoms with Crippen molar-refractivity contribution in [2.24, 2.45) is 0 Å². The van der Waals surface area contributed by atoms with Crippen LogP contribution in [-0.4, -0.2) is 20.2 Å². The summed E-state index contributed by atoms with van der Waals surface area (Å²) in [6.45, 7) is 0.668. The fourth-order valence-electron chi connectivity index (χ4n) is 1.88. The van der Waals surface area contributed by atoms with Crippen molar-refractivity contribution in [2.45, 2.75) is 6.54 Å². The lowest BCUT2D eigenvalue weighted by Crippen LogP contribution is -2.03. The monoisotopic (exact) mass is 266 g/mol. The molecular weight excluding hydrogens is 252 g/mol. The Morgan fingerprint density at radius 2 is 1.95 bits per heavy atom. The molecule has 0 saturated carbocycles. The van der Waals surface area contributed by atoms with E-state index in [1.807, 2.05) is 6.07 Å². The van der Waals surface area contributed by atoms with Gasteiger partial charge < -0.3 is 11.1 Å². The Morgan fingerprint density at radius 3 is 2.65 bits per heavy atom. The highest BCUT2D eigenvalue weighted by atomic mass is 15.1. The molecule has 1 aromatic carbocycles. The number of aromatic nitrogens is 4. The standard InChI is InChI=1S/C14H14N6/c15-13-8-16-9-14(19-13)17-7-10-1-3-11(4-2-10)12-5-6-18-20-12/h1-6,8-9H,7H2,(H,18,20)(H3,15,17,19). The number of anilines is 2. The number of nitrogens with one attached hydrogen (secondary N) is 2. The molecule has 0 fully saturated rings. The first-order valence-electron chi connectivity index (χ1n) is 6.21. The smallest absolute Gasteiger partial charge is 0.147 e. The van der Waals surface area contributed by atoms with Gasteiger partial charge in [0.05, 0.1) is 18.1 Å². The number of hydrogen-bond acceptors (Lipinski definition) is 5. The molecule has 0 spiro atoms. The summed E-state index contributed by atoms with van der Waals surface area (Å²) in [7, 11) is 0. The molecule has 0 unspecified atom stereocenters. The van der Waals surface area contributed by atoms with Gasteiger partial charge in [-0.2, -0.15) is 5.10 Å². The molecule has 0 bridgehead atoms. The predicted octanol–water partition coefficient (Wildman–Crippen LogP) is 2.06. The van der Waals surface area contributed by atoms with E-state index >= 15 is 0 Å². The number of nitrogens with zero attached hydrogens (tertiary/aromatic N) is 3. The first kappa shape index (κ1) is 12.2. The first-order chi connectivity index (χ1) is 9.81. The van der Waals surface area contributed by atoms with Crippen LogP contribution < -0.4 is 11.1 Å². The molecule has 2 heterocycles. The van der Waals surface area contributed by atoms with Gasteiger partial charge in [0.25, 0.3) is 0 Å². The van der Waals surface area contributed by atoms with Crippen molar-refractivity contribution in [3.8, 4) is 11.3 Å². The van der Waals surface area contributed by atoms with Gasteiger partial charge in [-0.15, -0.1) is 0 Å². The van der Waals surface area contributed by atoms with E-state index in [9.17, 15) is 0 Å².